The SMILES string of the molecule is Cc1nc(Br)cc(-c2cccc3ncccc23)n1. The summed E-state index contributed by atoms with van der Waals surface area (Å²) < 4.78 is 0.797. The molecule has 0 saturated carbocycles. The molecule has 0 spiro atoms. The van der Waals surface area contributed by atoms with Gasteiger partial charge < -0.3 is 0 Å². The van der Waals surface area contributed by atoms with Crippen molar-refractivity contribution in [3.8, 4) is 11.3 Å². The second kappa shape index (κ2) is 4.46. The Kier molecular flexibility index (Phi) is 2.80. The zero-order valence-electron chi connectivity index (χ0n) is 9.76. The summed E-state index contributed by atoms with van der Waals surface area (Å²) in [7, 11) is 0. The van der Waals surface area contributed by atoms with Crippen molar-refractivity contribution in [2.45, 2.75) is 6.92 Å². The average Bonchev–Trinajstić information content (AvgIpc) is 2.37. The maximum Gasteiger partial charge on any atom is 0.127 e. The van der Waals surface area contributed by atoms with Crippen molar-refractivity contribution in [1.82, 2.24) is 15.0 Å². The summed E-state index contributed by atoms with van der Waals surface area (Å²) in [6.45, 7) is 1.89. The van der Waals surface area contributed by atoms with Gasteiger partial charge in [0, 0.05) is 17.1 Å². The van der Waals surface area contributed by atoms with Gasteiger partial charge in [-0.3, -0.25) is 4.98 Å². The zero-order chi connectivity index (χ0) is 12.5. The Labute approximate surface area is 113 Å². The van der Waals surface area contributed by atoms with Gasteiger partial charge in [0.1, 0.15) is 10.4 Å². The fourth-order valence-electron chi connectivity index (χ4n) is 2.00. The van der Waals surface area contributed by atoms with E-state index in [1.165, 1.54) is 0 Å². The summed E-state index contributed by atoms with van der Waals surface area (Å²) in [5, 5.41) is 1.10. The van der Waals surface area contributed by atoms with Crippen LogP contribution in [0.4, 0.5) is 0 Å². The van der Waals surface area contributed by atoms with Crippen LogP contribution in [0.2, 0.25) is 0 Å². The van der Waals surface area contributed by atoms with Crippen LogP contribution in [0, 0.1) is 6.92 Å². The van der Waals surface area contributed by atoms with Gasteiger partial charge in [0.2, 0.25) is 0 Å². The van der Waals surface area contributed by atoms with Crippen molar-refractivity contribution in [3.05, 3.63) is 53.0 Å². The van der Waals surface area contributed by atoms with Gasteiger partial charge in [-0.05, 0) is 41.1 Å². The van der Waals surface area contributed by atoms with E-state index in [1.807, 2.05) is 31.2 Å². The quantitative estimate of drug-likeness (QED) is 0.642. The Balaban J connectivity index is 2.31. The molecule has 0 aliphatic heterocycles. The van der Waals surface area contributed by atoms with Crippen molar-refractivity contribution < 1.29 is 0 Å². The van der Waals surface area contributed by atoms with Crippen molar-refractivity contribution in [3.63, 3.8) is 0 Å². The van der Waals surface area contributed by atoms with Gasteiger partial charge >= 0.3 is 0 Å². The van der Waals surface area contributed by atoms with Crippen LogP contribution >= 0.6 is 15.9 Å². The Morgan fingerprint density at radius 3 is 2.78 bits per heavy atom. The lowest BCUT2D eigenvalue weighted by Crippen LogP contribution is -1.92. The number of fused-ring (bicyclic) bond motifs is 1. The Morgan fingerprint density at radius 2 is 1.94 bits per heavy atom. The van der Waals surface area contributed by atoms with E-state index in [0.717, 1.165) is 32.6 Å². The highest BCUT2D eigenvalue weighted by atomic mass is 79.9. The smallest absolute Gasteiger partial charge is 0.127 e. The molecule has 0 radical (unpaired) electrons. The number of aromatic nitrogens is 3. The van der Waals surface area contributed by atoms with E-state index in [1.54, 1.807) is 6.20 Å². The standard InChI is InChI=1S/C14H10BrN3/c1-9-17-13(8-14(15)18-9)11-4-2-6-12-10(11)5-3-7-16-12/h2-8H,1H3. The van der Waals surface area contributed by atoms with Crippen LogP contribution in [0.1, 0.15) is 5.82 Å². The minimum Gasteiger partial charge on any atom is -0.256 e. The van der Waals surface area contributed by atoms with Crippen LogP contribution in [0.25, 0.3) is 22.2 Å². The summed E-state index contributed by atoms with van der Waals surface area (Å²) in [6.07, 6.45) is 1.80. The van der Waals surface area contributed by atoms with Gasteiger partial charge in [-0.25, -0.2) is 9.97 Å². The number of aryl methyl sites for hydroxylation is 1. The second-order valence-corrected chi connectivity index (χ2v) is 4.81. The zero-order valence-corrected chi connectivity index (χ0v) is 11.3. The van der Waals surface area contributed by atoms with Crippen LogP contribution in [0.5, 0.6) is 0 Å². The normalized spacial score (nSPS) is 10.8. The fourth-order valence-corrected chi connectivity index (χ4v) is 2.47. The maximum absolute atomic E-state index is 4.49. The molecule has 1 aromatic carbocycles. The van der Waals surface area contributed by atoms with E-state index in [2.05, 4.69) is 43.0 Å². The lowest BCUT2D eigenvalue weighted by Gasteiger charge is -2.06. The molecule has 0 aliphatic carbocycles. The van der Waals surface area contributed by atoms with Crippen LogP contribution in [0.15, 0.2) is 47.2 Å². The molecule has 4 heteroatoms. The van der Waals surface area contributed by atoms with Crippen molar-refractivity contribution >= 4 is 26.8 Å². The molecule has 2 aromatic heterocycles. The van der Waals surface area contributed by atoms with E-state index in [-0.39, 0.29) is 0 Å². The third kappa shape index (κ3) is 1.99. The highest BCUT2D eigenvalue weighted by Crippen LogP contribution is 2.27. The molecule has 0 saturated heterocycles. The maximum atomic E-state index is 4.49. The van der Waals surface area contributed by atoms with Gasteiger partial charge in [-0.2, -0.15) is 0 Å². The summed E-state index contributed by atoms with van der Waals surface area (Å²) >= 11 is 3.41. The van der Waals surface area contributed by atoms with Gasteiger partial charge in [0.15, 0.2) is 0 Å². The van der Waals surface area contributed by atoms with Crippen LogP contribution in [-0.4, -0.2) is 15.0 Å². The molecule has 0 bridgehead atoms. The predicted molar refractivity (Wildman–Crippen MR) is 75.2 cm³/mol. The molecule has 0 fully saturated rings. The van der Waals surface area contributed by atoms with Gasteiger partial charge in [-0.15, -0.1) is 0 Å². The molecule has 0 aliphatic rings. The molecular weight excluding hydrogens is 290 g/mol. The summed E-state index contributed by atoms with van der Waals surface area (Å²) in [6, 6.07) is 12.0. The van der Waals surface area contributed by atoms with Crippen LogP contribution in [-0.2, 0) is 0 Å². The number of halogens is 1. The first-order chi connectivity index (χ1) is 8.74. The number of rotatable bonds is 1. The lowest BCUT2D eigenvalue weighted by molar-refractivity contribution is 1.04. The molecule has 3 aromatic rings. The molecule has 0 amide bonds. The average molecular weight is 300 g/mol. The van der Waals surface area contributed by atoms with E-state index in [0.29, 0.717) is 0 Å². The number of nitrogens with zero attached hydrogens (tertiary/aromatic N) is 3. The van der Waals surface area contributed by atoms with Gasteiger partial charge in [-0.1, -0.05) is 18.2 Å². The Hall–Kier alpha value is -1.81. The number of pyridine rings is 1. The third-order valence-electron chi connectivity index (χ3n) is 2.73. The van der Waals surface area contributed by atoms with E-state index in [4.69, 9.17) is 0 Å². The molecule has 3 nitrogen and oxygen atoms in total. The first-order valence-corrected chi connectivity index (χ1v) is 6.38. The summed E-state index contributed by atoms with van der Waals surface area (Å²) in [5.74, 6) is 0.750. The fraction of sp³-hybridized carbons (Fsp3) is 0.0714. The largest absolute Gasteiger partial charge is 0.256 e. The van der Waals surface area contributed by atoms with E-state index >= 15 is 0 Å². The van der Waals surface area contributed by atoms with Gasteiger partial charge in [0.25, 0.3) is 0 Å². The number of hydrogen-bond donors (Lipinski definition) is 0. The van der Waals surface area contributed by atoms with Crippen LogP contribution < -0.4 is 0 Å². The highest BCUT2D eigenvalue weighted by Gasteiger charge is 2.07. The Bertz CT molecular complexity index is 700. The van der Waals surface area contributed by atoms with Crippen LogP contribution in [0.3, 0.4) is 0 Å². The first kappa shape index (κ1) is 11.3. The molecule has 0 unspecified atom stereocenters. The van der Waals surface area contributed by atoms with Crippen molar-refractivity contribution in [2.75, 3.05) is 0 Å². The highest BCUT2D eigenvalue weighted by molar-refractivity contribution is 9.10. The summed E-state index contributed by atoms with van der Waals surface area (Å²) in [5.41, 5.74) is 2.96. The summed E-state index contributed by atoms with van der Waals surface area (Å²) in [4.78, 5) is 13.1. The van der Waals surface area contributed by atoms with E-state index in [9.17, 15) is 0 Å². The first-order valence-electron chi connectivity index (χ1n) is 5.59. The molecule has 88 valence electrons. The monoisotopic (exact) mass is 299 g/mol. The lowest BCUT2D eigenvalue weighted by atomic mass is 10.1. The Morgan fingerprint density at radius 1 is 1.06 bits per heavy atom. The third-order valence-corrected chi connectivity index (χ3v) is 3.13. The predicted octanol–water partition coefficient (Wildman–Crippen LogP) is 3.76. The number of benzene rings is 1. The molecule has 0 atom stereocenters. The molecule has 18 heavy (non-hydrogen) atoms. The second-order valence-electron chi connectivity index (χ2n) is 4.00. The number of hydrogen-bond acceptors (Lipinski definition) is 3. The minimum atomic E-state index is 0.750. The minimum absolute atomic E-state index is 0.750. The topological polar surface area (TPSA) is 38.7 Å². The van der Waals surface area contributed by atoms with Crippen molar-refractivity contribution in [1.29, 1.82) is 0 Å². The molecular formula is C14H10BrN3. The van der Waals surface area contributed by atoms with Crippen molar-refractivity contribution in [2.24, 2.45) is 0 Å². The molecule has 3 rings (SSSR count). The molecule has 0 N–H and O–H groups in total. The van der Waals surface area contributed by atoms with Gasteiger partial charge in [0.05, 0.1) is 11.2 Å². The van der Waals surface area contributed by atoms with E-state index < -0.39 is 0 Å². The molecule has 2 heterocycles.